The Morgan fingerprint density at radius 2 is 2.06 bits per heavy atom. The summed E-state index contributed by atoms with van der Waals surface area (Å²) in [7, 11) is 0. The molecule has 2 atom stereocenters. The Hall–Kier alpha value is -0.830. The van der Waals surface area contributed by atoms with Crippen LogP contribution in [0.2, 0.25) is 5.15 Å². The second-order valence-corrected chi connectivity index (χ2v) is 5.44. The van der Waals surface area contributed by atoms with Gasteiger partial charge in [-0.1, -0.05) is 44.7 Å². The van der Waals surface area contributed by atoms with E-state index in [1.165, 1.54) is 32.1 Å². The fourth-order valence-corrected chi connectivity index (χ4v) is 2.97. The summed E-state index contributed by atoms with van der Waals surface area (Å²) in [6.45, 7) is 4.32. The lowest BCUT2D eigenvalue weighted by Gasteiger charge is -2.32. The van der Waals surface area contributed by atoms with E-state index in [1.807, 2.05) is 13.0 Å². The average molecular weight is 268 g/mol. The van der Waals surface area contributed by atoms with Gasteiger partial charge in [0, 0.05) is 18.5 Å². The van der Waals surface area contributed by atoms with E-state index in [9.17, 15) is 0 Å². The van der Waals surface area contributed by atoms with Crippen LogP contribution in [0.25, 0.3) is 0 Å². The van der Waals surface area contributed by atoms with Crippen molar-refractivity contribution >= 4 is 17.4 Å². The zero-order chi connectivity index (χ0) is 13.0. The molecule has 0 amide bonds. The third-order valence-electron chi connectivity index (χ3n) is 3.82. The van der Waals surface area contributed by atoms with Crippen LogP contribution in [-0.4, -0.2) is 16.0 Å². The minimum absolute atomic E-state index is 0.535. The maximum Gasteiger partial charge on any atom is 0.134 e. The Labute approximate surface area is 114 Å². The molecule has 1 aliphatic carbocycles. The maximum atomic E-state index is 6.03. The van der Waals surface area contributed by atoms with Gasteiger partial charge in [-0.3, -0.25) is 0 Å². The van der Waals surface area contributed by atoms with Crippen molar-refractivity contribution in [3.63, 3.8) is 0 Å². The number of hydrogen-bond donors (Lipinski definition) is 1. The van der Waals surface area contributed by atoms with Gasteiger partial charge in [-0.2, -0.15) is 0 Å². The largest absolute Gasteiger partial charge is 0.367 e. The molecule has 2 unspecified atom stereocenters. The molecule has 0 saturated heterocycles. The van der Waals surface area contributed by atoms with Crippen LogP contribution in [0.15, 0.2) is 6.07 Å². The lowest BCUT2D eigenvalue weighted by Crippen LogP contribution is -2.32. The Morgan fingerprint density at radius 3 is 2.78 bits per heavy atom. The number of aromatic nitrogens is 2. The highest BCUT2D eigenvalue weighted by Gasteiger charge is 2.23. The van der Waals surface area contributed by atoms with E-state index in [0.29, 0.717) is 11.2 Å². The smallest absolute Gasteiger partial charge is 0.134 e. The molecule has 4 heteroatoms. The van der Waals surface area contributed by atoms with Crippen LogP contribution in [0.3, 0.4) is 0 Å². The van der Waals surface area contributed by atoms with E-state index in [-0.39, 0.29) is 0 Å². The highest BCUT2D eigenvalue weighted by atomic mass is 35.5. The van der Waals surface area contributed by atoms with Crippen LogP contribution >= 0.6 is 11.6 Å². The van der Waals surface area contributed by atoms with E-state index in [2.05, 4.69) is 22.2 Å². The van der Waals surface area contributed by atoms with Gasteiger partial charge in [-0.25, -0.2) is 9.97 Å². The number of rotatable bonds is 4. The first-order valence-electron chi connectivity index (χ1n) is 7.03. The minimum atomic E-state index is 0.535. The Bertz CT molecular complexity index is 395. The van der Waals surface area contributed by atoms with E-state index in [0.717, 1.165) is 24.0 Å². The molecule has 0 bridgehead atoms. The van der Waals surface area contributed by atoms with Gasteiger partial charge < -0.3 is 5.32 Å². The van der Waals surface area contributed by atoms with Gasteiger partial charge >= 0.3 is 0 Å². The molecule has 3 nitrogen and oxygen atoms in total. The van der Waals surface area contributed by atoms with Gasteiger partial charge in [0.15, 0.2) is 0 Å². The topological polar surface area (TPSA) is 37.8 Å². The SMILES string of the molecule is CCc1nc(Cl)cc(NC2CCCCC2CC)n1. The van der Waals surface area contributed by atoms with Gasteiger partial charge in [0.1, 0.15) is 16.8 Å². The summed E-state index contributed by atoms with van der Waals surface area (Å²) in [5, 5.41) is 4.10. The first-order valence-corrected chi connectivity index (χ1v) is 7.40. The summed E-state index contributed by atoms with van der Waals surface area (Å²) in [5.74, 6) is 2.46. The van der Waals surface area contributed by atoms with Gasteiger partial charge in [0.25, 0.3) is 0 Å². The lowest BCUT2D eigenvalue weighted by atomic mass is 9.83. The molecule has 1 fully saturated rings. The molecule has 1 N–H and O–H groups in total. The van der Waals surface area contributed by atoms with E-state index >= 15 is 0 Å². The zero-order valence-electron chi connectivity index (χ0n) is 11.2. The van der Waals surface area contributed by atoms with Crippen LogP contribution in [0.1, 0.15) is 51.8 Å². The Morgan fingerprint density at radius 1 is 1.28 bits per heavy atom. The highest BCUT2D eigenvalue weighted by molar-refractivity contribution is 6.29. The second-order valence-electron chi connectivity index (χ2n) is 5.05. The number of anilines is 1. The summed E-state index contributed by atoms with van der Waals surface area (Å²) < 4.78 is 0. The fourth-order valence-electron chi connectivity index (χ4n) is 2.77. The van der Waals surface area contributed by atoms with Crippen molar-refractivity contribution < 1.29 is 0 Å². The average Bonchev–Trinajstić information content (AvgIpc) is 2.38. The van der Waals surface area contributed by atoms with Crippen molar-refractivity contribution in [2.24, 2.45) is 5.92 Å². The van der Waals surface area contributed by atoms with Crippen molar-refractivity contribution in [1.82, 2.24) is 9.97 Å². The number of nitrogens with one attached hydrogen (secondary N) is 1. The molecule has 1 aliphatic rings. The minimum Gasteiger partial charge on any atom is -0.367 e. The quantitative estimate of drug-likeness (QED) is 0.836. The highest BCUT2D eigenvalue weighted by Crippen LogP contribution is 2.29. The standard InChI is InChI=1S/C14H22ClN3/c1-3-10-7-5-6-8-11(10)16-14-9-12(15)17-13(4-2)18-14/h9-11H,3-8H2,1-2H3,(H,16,17,18). The summed E-state index contributed by atoms with van der Waals surface area (Å²) in [6.07, 6.45) is 7.29. The van der Waals surface area contributed by atoms with Crippen LogP contribution < -0.4 is 5.32 Å². The van der Waals surface area contributed by atoms with E-state index in [4.69, 9.17) is 11.6 Å². The molecular formula is C14H22ClN3. The molecule has 2 rings (SSSR count). The van der Waals surface area contributed by atoms with Crippen molar-refractivity contribution in [2.75, 3.05) is 5.32 Å². The van der Waals surface area contributed by atoms with Crippen LogP contribution in [0.4, 0.5) is 5.82 Å². The summed E-state index contributed by atoms with van der Waals surface area (Å²) in [4.78, 5) is 8.71. The van der Waals surface area contributed by atoms with Gasteiger partial charge in [0.05, 0.1) is 0 Å². The molecule has 18 heavy (non-hydrogen) atoms. The molecule has 1 aromatic rings. The monoisotopic (exact) mass is 267 g/mol. The van der Waals surface area contributed by atoms with Crippen LogP contribution in [0, 0.1) is 5.92 Å². The number of nitrogens with zero attached hydrogens (tertiary/aromatic N) is 2. The van der Waals surface area contributed by atoms with E-state index in [1.54, 1.807) is 0 Å². The Balaban J connectivity index is 2.09. The third kappa shape index (κ3) is 3.35. The molecule has 0 spiro atoms. The second kappa shape index (κ2) is 6.37. The van der Waals surface area contributed by atoms with Crippen LogP contribution in [0.5, 0.6) is 0 Å². The van der Waals surface area contributed by atoms with Gasteiger partial charge in [-0.15, -0.1) is 0 Å². The van der Waals surface area contributed by atoms with Gasteiger partial charge in [0.2, 0.25) is 0 Å². The van der Waals surface area contributed by atoms with Crippen molar-refractivity contribution in [3.8, 4) is 0 Å². The van der Waals surface area contributed by atoms with Crippen molar-refractivity contribution in [2.45, 2.75) is 58.4 Å². The first kappa shape index (κ1) is 13.6. The third-order valence-corrected chi connectivity index (χ3v) is 4.02. The van der Waals surface area contributed by atoms with Crippen molar-refractivity contribution in [1.29, 1.82) is 0 Å². The molecular weight excluding hydrogens is 246 g/mol. The summed E-state index contributed by atoms with van der Waals surface area (Å²) >= 11 is 6.03. The maximum absolute atomic E-state index is 6.03. The zero-order valence-corrected chi connectivity index (χ0v) is 12.0. The van der Waals surface area contributed by atoms with Crippen LogP contribution in [-0.2, 0) is 6.42 Å². The number of halogens is 1. The van der Waals surface area contributed by atoms with E-state index < -0.39 is 0 Å². The molecule has 1 saturated carbocycles. The molecule has 1 aromatic heterocycles. The molecule has 0 aromatic carbocycles. The normalized spacial score (nSPS) is 23.9. The molecule has 0 aliphatic heterocycles. The van der Waals surface area contributed by atoms with Crippen molar-refractivity contribution in [3.05, 3.63) is 17.0 Å². The molecule has 0 radical (unpaired) electrons. The Kier molecular flexibility index (Phi) is 4.81. The molecule has 100 valence electrons. The predicted octanol–water partition coefficient (Wildman–Crippen LogP) is 4.07. The number of aryl methyl sites for hydroxylation is 1. The van der Waals surface area contributed by atoms with Gasteiger partial charge in [-0.05, 0) is 18.8 Å². The lowest BCUT2D eigenvalue weighted by molar-refractivity contribution is 0.317. The predicted molar refractivity (Wildman–Crippen MR) is 76.1 cm³/mol. The summed E-state index contributed by atoms with van der Waals surface area (Å²) in [6, 6.07) is 2.38. The summed E-state index contributed by atoms with van der Waals surface area (Å²) in [5.41, 5.74) is 0. The number of hydrogen-bond acceptors (Lipinski definition) is 3. The molecule has 1 heterocycles. The first-order chi connectivity index (χ1) is 8.72. The fraction of sp³-hybridized carbons (Fsp3) is 0.714.